The summed E-state index contributed by atoms with van der Waals surface area (Å²) in [6.45, 7) is 3.68. The maximum Gasteiger partial charge on any atom is 0.191 e. The third kappa shape index (κ3) is 5.82. The van der Waals surface area contributed by atoms with Crippen LogP contribution in [-0.2, 0) is 9.47 Å². The molecule has 1 aromatic carbocycles. The van der Waals surface area contributed by atoms with Gasteiger partial charge >= 0.3 is 0 Å². The Kier molecular flexibility index (Phi) is 8.45. The SMILES string of the molecule is CN=C(NCCCOC(C)c1ccccc1)NC1CC2CCC1O2.I. The molecule has 2 bridgehead atoms. The zero-order chi connectivity index (χ0) is 16.8. The molecule has 1 aromatic rings. The molecule has 4 atom stereocenters. The zero-order valence-electron chi connectivity index (χ0n) is 15.1. The van der Waals surface area contributed by atoms with E-state index in [1.54, 1.807) is 0 Å². The molecule has 0 spiro atoms. The van der Waals surface area contributed by atoms with Crippen LogP contribution in [0, 0.1) is 0 Å². The van der Waals surface area contributed by atoms with E-state index in [0.717, 1.165) is 32.0 Å². The van der Waals surface area contributed by atoms with E-state index < -0.39 is 0 Å². The molecule has 0 radical (unpaired) electrons. The molecule has 0 amide bonds. The maximum absolute atomic E-state index is 5.90. The van der Waals surface area contributed by atoms with Crippen molar-refractivity contribution in [1.82, 2.24) is 10.6 Å². The van der Waals surface area contributed by atoms with E-state index in [-0.39, 0.29) is 30.1 Å². The van der Waals surface area contributed by atoms with Gasteiger partial charge in [-0.1, -0.05) is 30.3 Å². The van der Waals surface area contributed by atoms with Gasteiger partial charge in [0.25, 0.3) is 0 Å². The molecule has 2 saturated heterocycles. The number of fused-ring (bicyclic) bond motifs is 2. The van der Waals surface area contributed by atoms with Crippen molar-refractivity contribution in [2.45, 2.75) is 57.0 Å². The van der Waals surface area contributed by atoms with E-state index in [1.807, 2.05) is 25.2 Å². The lowest BCUT2D eigenvalue weighted by Crippen LogP contribution is -2.47. The third-order valence-corrected chi connectivity index (χ3v) is 4.90. The number of aliphatic imine (C=N–C) groups is 1. The number of hydrogen-bond acceptors (Lipinski definition) is 3. The molecule has 3 rings (SSSR count). The Bertz CT molecular complexity index is 541. The van der Waals surface area contributed by atoms with Gasteiger partial charge in [-0.2, -0.15) is 0 Å². The van der Waals surface area contributed by atoms with Crippen molar-refractivity contribution in [3.8, 4) is 0 Å². The molecule has 140 valence electrons. The number of benzene rings is 1. The standard InChI is InChI=1S/C19H29N3O2.HI/c1-14(15-7-4-3-5-8-15)23-12-6-11-21-19(20-2)22-17-13-16-9-10-18(17)24-16;/h3-5,7-8,14,16-18H,6,9-13H2,1-2H3,(H2,20,21,22);1H. The Morgan fingerprint density at radius 1 is 1.32 bits per heavy atom. The lowest BCUT2D eigenvalue weighted by atomic mass is 9.96. The molecule has 0 saturated carbocycles. The minimum Gasteiger partial charge on any atom is -0.374 e. The van der Waals surface area contributed by atoms with Crippen molar-refractivity contribution < 1.29 is 9.47 Å². The molecule has 0 aromatic heterocycles. The van der Waals surface area contributed by atoms with Crippen LogP contribution in [0.3, 0.4) is 0 Å². The summed E-state index contributed by atoms with van der Waals surface area (Å²) in [5, 5.41) is 6.87. The van der Waals surface area contributed by atoms with E-state index in [9.17, 15) is 0 Å². The van der Waals surface area contributed by atoms with Crippen LogP contribution in [0.2, 0.25) is 0 Å². The predicted molar refractivity (Wildman–Crippen MR) is 112 cm³/mol. The minimum absolute atomic E-state index is 0. The van der Waals surface area contributed by atoms with Crippen molar-refractivity contribution in [2.75, 3.05) is 20.2 Å². The number of nitrogens with one attached hydrogen (secondary N) is 2. The third-order valence-electron chi connectivity index (χ3n) is 4.90. The Balaban J connectivity index is 0.00000225. The second-order valence-electron chi connectivity index (χ2n) is 6.64. The average molecular weight is 459 g/mol. The van der Waals surface area contributed by atoms with E-state index >= 15 is 0 Å². The normalized spacial score (nSPS) is 26.2. The Morgan fingerprint density at radius 3 is 2.76 bits per heavy atom. The molecule has 2 heterocycles. The Morgan fingerprint density at radius 2 is 2.12 bits per heavy atom. The summed E-state index contributed by atoms with van der Waals surface area (Å²) in [6.07, 6.45) is 5.39. The smallest absolute Gasteiger partial charge is 0.191 e. The van der Waals surface area contributed by atoms with Crippen LogP contribution in [-0.4, -0.2) is 44.4 Å². The molecule has 2 N–H and O–H groups in total. The molecule has 2 aliphatic rings. The monoisotopic (exact) mass is 459 g/mol. The summed E-state index contributed by atoms with van der Waals surface area (Å²) in [4.78, 5) is 4.31. The molecule has 5 nitrogen and oxygen atoms in total. The maximum atomic E-state index is 5.90. The van der Waals surface area contributed by atoms with Crippen LogP contribution >= 0.6 is 24.0 Å². The van der Waals surface area contributed by atoms with E-state index in [0.29, 0.717) is 18.2 Å². The van der Waals surface area contributed by atoms with Crippen molar-refractivity contribution in [2.24, 2.45) is 4.99 Å². The van der Waals surface area contributed by atoms with Crippen LogP contribution in [0.4, 0.5) is 0 Å². The number of hydrogen-bond donors (Lipinski definition) is 2. The van der Waals surface area contributed by atoms with Gasteiger partial charge in [0, 0.05) is 20.2 Å². The van der Waals surface area contributed by atoms with Crippen LogP contribution < -0.4 is 10.6 Å². The van der Waals surface area contributed by atoms with Gasteiger partial charge in [-0.25, -0.2) is 0 Å². The van der Waals surface area contributed by atoms with Crippen LogP contribution in [0.15, 0.2) is 35.3 Å². The number of ether oxygens (including phenoxy) is 2. The molecule has 2 aliphatic heterocycles. The topological polar surface area (TPSA) is 54.9 Å². The Labute approximate surface area is 168 Å². The molecule has 4 unspecified atom stereocenters. The molecule has 6 heteroatoms. The number of halogens is 1. The van der Waals surface area contributed by atoms with Gasteiger partial charge in [0.1, 0.15) is 0 Å². The fourth-order valence-electron chi connectivity index (χ4n) is 3.52. The number of rotatable bonds is 7. The summed E-state index contributed by atoms with van der Waals surface area (Å²) in [5.41, 5.74) is 1.22. The van der Waals surface area contributed by atoms with Gasteiger partial charge in [0.2, 0.25) is 0 Å². The second-order valence-corrected chi connectivity index (χ2v) is 6.64. The van der Waals surface area contributed by atoms with E-state index in [1.165, 1.54) is 18.4 Å². The van der Waals surface area contributed by atoms with Crippen LogP contribution in [0.1, 0.15) is 44.3 Å². The fraction of sp³-hybridized carbons (Fsp3) is 0.632. The average Bonchev–Trinajstić information content (AvgIpc) is 3.24. The van der Waals surface area contributed by atoms with Gasteiger partial charge in [-0.3, -0.25) is 4.99 Å². The lowest BCUT2D eigenvalue weighted by molar-refractivity contribution is 0.0646. The van der Waals surface area contributed by atoms with Crippen LogP contribution in [0.25, 0.3) is 0 Å². The van der Waals surface area contributed by atoms with Gasteiger partial charge in [-0.15, -0.1) is 24.0 Å². The largest absolute Gasteiger partial charge is 0.374 e. The molecular formula is C19H30IN3O2. The fourth-order valence-corrected chi connectivity index (χ4v) is 3.52. The molecular weight excluding hydrogens is 429 g/mol. The summed E-state index contributed by atoms with van der Waals surface area (Å²) < 4.78 is 11.8. The van der Waals surface area contributed by atoms with Gasteiger partial charge in [0.15, 0.2) is 5.96 Å². The van der Waals surface area contributed by atoms with E-state index in [2.05, 4.69) is 34.7 Å². The quantitative estimate of drug-likeness (QED) is 0.285. The van der Waals surface area contributed by atoms with Gasteiger partial charge in [0.05, 0.1) is 24.4 Å². The van der Waals surface area contributed by atoms with Gasteiger partial charge in [-0.05, 0) is 38.2 Å². The summed E-state index contributed by atoms with van der Waals surface area (Å²) in [6, 6.07) is 10.7. The molecule has 0 aliphatic carbocycles. The van der Waals surface area contributed by atoms with Crippen molar-refractivity contribution >= 4 is 29.9 Å². The first-order chi connectivity index (χ1) is 11.8. The first-order valence-electron chi connectivity index (χ1n) is 9.05. The lowest BCUT2D eigenvalue weighted by Gasteiger charge is -2.22. The van der Waals surface area contributed by atoms with Crippen molar-refractivity contribution in [3.05, 3.63) is 35.9 Å². The highest BCUT2D eigenvalue weighted by Crippen LogP contribution is 2.34. The Hall–Kier alpha value is -0.860. The second kappa shape index (κ2) is 10.3. The predicted octanol–water partition coefficient (Wildman–Crippen LogP) is 3.26. The van der Waals surface area contributed by atoms with Crippen molar-refractivity contribution in [1.29, 1.82) is 0 Å². The highest BCUT2D eigenvalue weighted by Gasteiger charge is 2.41. The summed E-state index contributed by atoms with van der Waals surface area (Å²) in [5.74, 6) is 0.868. The first-order valence-corrected chi connectivity index (χ1v) is 9.05. The first kappa shape index (κ1) is 20.5. The number of nitrogens with zero attached hydrogens (tertiary/aromatic N) is 1. The highest BCUT2D eigenvalue weighted by atomic mass is 127. The number of guanidine groups is 1. The highest BCUT2D eigenvalue weighted by molar-refractivity contribution is 14.0. The summed E-state index contributed by atoms with van der Waals surface area (Å²) >= 11 is 0. The zero-order valence-corrected chi connectivity index (χ0v) is 17.4. The van der Waals surface area contributed by atoms with Gasteiger partial charge < -0.3 is 20.1 Å². The van der Waals surface area contributed by atoms with Crippen molar-refractivity contribution in [3.63, 3.8) is 0 Å². The van der Waals surface area contributed by atoms with E-state index in [4.69, 9.17) is 9.47 Å². The minimum atomic E-state index is 0. The summed E-state index contributed by atoms with van der Waals surface area (Å²) in [7, 11) is 1.82. The molecule has 25 heavy (non-hydrogen) atoms. The molecule has 2 fully saturated rings. The van der Waals surface area contributed by atoms with Crippen LogP contribution in [0.5, 0.6) is 0 Å².